The molecule has 0 saturated carbocycles. The minimum absolute atomic E-state index is 0.104. The Morgan fingerprint density at radius 2 is 2.05 bits per heavy atom. The van der Waals surface area contributed by atoms with E-state index in [1.54, 1.807) is 12.1 Å². The standard InChI is InChI=1S/C12H20N4O2S/c1-15(2)10-5-6-16(8-10)11-4-3-9(13)7-12(11)19(14,17)18/h3-4,7,10H,5-6,8,13H2,1-2H3,(H2,14,17,18). The molecule has 1 atom stereocenters. The average molecular weight is 284 g/mol. The Balaban J connectivity index is 2.36. The predicted molar refractivity (Wildman–Crippen MR) is 76.5 cm³/mol. The Hall–Kier alpha value is -1.31. The van der Waals surface area contributed by atoms with E-state index >= 15 is 0 Å². The van der Waals surface area contributed by atoms with E-state index in [9.17, 15) is 8.42 Å². The molecule has 7 heteroatoms. The van der Waals surface area contributed by atoms with Gasteiger partial charge in [0.25, 0.3) is 0 Å². The number of primary sulfonamides is 1. The van der Waals surface area contributed by atoms with Gasteiger partial charge in [-0.3, -0.25) is 0 Å². The predicted octanol–water partition coefficient (Wildman–Crippen LogP) is 0.0565. The summed E-state index contributed by atoms with van der Waals surface area (Å²) >= 11 is 0. The molecule has 0 spiro atoms. The number of anilines is 2. The second-order valence-corrected chi connectivity index (χ2v) is 6.65. The largest absolute Gasteiger partial charge is 0.399 e. The fourth-order valence-corrected chi connectivity index (χ4v) is 3.19. The van der Waals surface area contributed by atoms with Crippen molar-refractivity contribution < 1.29 is 8.42 Å². The minimum atomic E-state index is -3.77. The van der Waals surface area contributed by atoms with Crippen LogP contribution in [0.4, 0.5) is 11.4 Å². The average Bonchev–Trinajstić information content (AvgIpc) is 2.77. The van der Waals surface area contributed by atoms with Gasteiger partial charge in [-0.2, -0.15) is 0 Å². The van der Waals surface area contributed by atoms with Crippen LogP contribution in [0.15, 0.2) is 23.1 Å². The van der Waals surface area contributed by atoms with Crippen LogP contribution in [0.2, 0.25) is 0 Å². The molecule has 1 fully saturated rings. The van der Waals surface area contributed by atoms with Gasteiger partial charge in [-0.05, 0) is 38.7 Å². The van der Waals surface area contributed by atoms with Gasteiger partial charge in [0, 0.05) is 24.8 Å². The van der Waals surface area contributed by atoms with Crippen LogP contribution >= 0.6 is 0 Å². The van der Waals surface area contributed by atoms with E-state index in [4.69, 9.17) is 10.9 Å². The highest BCUT2D eigenvalue weighted by Gasteiger charge is 2.27. The first-order valence-corrected chi connectivity index (χ1v) is 7.67. The van der Waals surface area contributed by atoms with Crippen LogP contribution in [-0.4, -0.2) is 46.5 Å². The van der Waals surface area contributed by atoms with Crippen molar-refractivity contribution in [2.24, 2.45) is 5.14 Å². The van der Waals surface area contributed by atoms with Crippen LogP contribution in [0.1, 0.15) is 6.42 Å². The van der Waals surface area contributed by atoms with Gasteiger partial charge in [-0.25, -0.2) is 13.6 Å². The van der Waals surface area contributed by atoms with Gasteiger partial charge in [0.1, 0.15) is 4.90 Å². The number of hydrogen-bond donors (Lipinski definition) is 2. The molecule has 0 bridgehead atoms. The Labute approximate surface area is 114 Å². The normalized spacial score (nSPS) is 20.2. The highest BCUT2D eigenvalue weighted by molar-refractivity contribution is 7.89. The molecule has 1 unspecified atom stereocenters. The summed E-state index contributed by atoms with van der Waals surface area (Å²) in [5.74, 6) is 0. The van der Waals surface area contributed by atoms with E-state index < -0.39 is 10.0 Å². The minimum Gasteiger partial charge on any atom is -0.399 e. The summed E-state index contributed by atoms with van der Waals surface area (Å²) in [5.41, 5.74) is 6.69. The maximum Gasteiger partial charge on any atom is 0.240 e. The molecule has 1 saturated heterocycles. The van der Waals surface area contributed by atoms with Gasteiger partial charge in [-0.15, -0.1) is 0 Å². The lowest BCUT2D eigenvalue weighted by Gasteiger charge is -2.23. The van der Waals surface area contributed by atoms with E-state index in [2.05, 4.69) is 4.90 Å². The number of nitrogens with two attached hydrogens (primary N) is 2. The molecule has 0 aromatic heterocycles. The van der Waals surface area contributed by atoms with Crippen molar-refractivity contribution in [3.63, 3.8) is 0 Å². The molecule has 0 aliphatic carbocycles. The number of likely N-dealkylation sites (N-methyl/N-ethyl adjacent to an activating group) is 1. The molecule has 0 amide bonds. The number of benzene rings is 1. The summed E-state index contributed by atoms with van der Waals surface area (Å²) in [6.45, 7) is 1.61. The van der Waals surface area contributed by atoms with E-state index in [-0.39, 0.29) is 4.90 Å². The third-order valence-corrected chi connectivity index (χ3v) is 4.46. The molecule has 6 nitrogen and oxygen atoms in total. The first kappa shape index (κ1) is 14.1. The van der Waals surface area contributed by atoms with Gasteiger partial charge < -0.3 is 15.5 Å². The molecule has 1 aliphatic rings. The van der Waals surface area contributed by atoms with E-state index in [0.717, 1.165) is 19.5 Å². The van der Waals surface area contributed by atoms with Crippen LogP contribution in [0.3, 0.4) is 0 Å². The number of rotatable bonds is 3. The molecular formula is C12H20N4O2S. The van der Waals surface area contributed by atoms with Crippen molar-refractivity contribution >= 4 is 21.4 Å². The van der Waals surface area contributed by atoms with E-state index in [1.165, 1.54) is 6.07 Å². The molecule has 106 valence electrons. The summed E-state index contributed by atoms with van der Waals surface area (Å²) in [7, 11) is 0.285. The zero-order valence-electron chi connectivity index (χ0n) is 11.2. The second kappa shape index (κ2) is 4.99. The van der Waals surface area contributed by atoms with Crippen molar-refractivity contribution in [3.05, 3.63) is 18.2 Å². The molecule has 1 aromatic rings. The monoisotopic (exact) mass is 284 g/mol. The molecule has 0 radical (unpaired) electrons. The SMILES string of the molecule is CN(C)C1CCN(c2ccc(N)cc2S(N)(=O)=O)C1. The first-order chi connectivity index (χ1) is 8.79. The number of nitrogens with zero attached hydrogens (tertiary/aromatic N) is 2. The van der Waals surface area contributed by atoms with Crippen molar-refractivity contribution in [3.8, 4) is 0 Å². The van der Waals surface area contributed by atoms with Gasteiger partial charge >= 0.3 is 0 Å². The summed E-state index contributed by atoms with van der Waals surface area (Å²) < 4.78 is 23.3. The summed E-state index contributed by atoms with van der Waals surface area (Å²) in [6, 6.07) is 5.28. The maximum atomic E-state index is 11.7. The topological polar surface area (TPSA) is 92.7 Å². The second-order valence-electron chi connectivity index (χ2n) is 5.12. The highest BCUT2D eigenvalue weighted by Crippen LogP contribution is 2.30. The zero-order valence-corrected chi connectivity index (χ0v) is 12.0. The zero-order chi connectivity index (χ0) is 14.2. The van der Waals surface area contributed by atoms with Crippen molar-refractivity contribution in [1.82, 2.24) is 4.90 Å². The smallest absolute Gasteiger partial charge is 0.240 e. The van der Waals surface area contributed by atoms with Gasteiger partial charge in [0.05, 0.1) is 5.69 Å². The van der Waals surface area contributed by atoms with Crippen LogP contribution in [0.25, 0.3) is 0 Å². The van der Waals surface area contributed by atoms with Crippen LogP contribution < -0.4 is 15.8 Å². The lowest BCUT2D eigenvalue weighted by molar-refractivity contribution is 0.315. The van der Waals surface area contributed by atoms with Crippen molar-refractivity contribution in [2.45, 2.75) is 17.4 Å². The summed E-state index contributed by atoms with van der Waals surface area (Å²) in [6.07, 6.45) is 1.00. The van der Waals surface area contributed by atoms with Crippen LogP contribution in [0.5, 0.6) is 0 Å². The molecule has 1 heterocycles. The Kier molecular flexibility index (Phi) is 3.71. The van der Waals surface area contributed by atoms with Gasteiger partial charge in [-0.1, -0.05) is 0 Å². The molecule has 1 aliphatic heterocycles. The lowest BCUT2D eigenvalue weighted by Crippen LogP contribution is -2.32. The Morgan fingerprint density at radius 3 is 2.58 bits per heavy atom. The van der Waals surface area contributed by atoms with Crippen molar-refractivity contribution in [1.29, 1.82) is 0 Å². The number of sulfonamides is 1. The Morgan fingerprint density at radius 1 is 1.37 bits per heavy atom. The highest BCUT2D eigenvalue weighted by atomic mass is 32.2. The van der Waals surface area contributed by atoms with Crippen molar-refractivity contribution in [2.75, 3.05) is 37.8 Å². The fourth-order valence-electron chi connectivity index (χ4n) is 2.40. The number of hydrogen-bond acceptors (Lipinski definition) is 5. The van der Waals surface area contributed by atoms with Gasteiger partial charge in [0.15, 0.2) is 0 Å². The summed E-state index contributed by atoms with van der Waals surface area (Å²) in [5, 5.41) is 5.27. The Bertz CT molecular complexity index is 571. The molecule has 2 rings (SSSR count). The third kappa shape index (κ3) is 2.99. The number of nitrogen functional groups attached to an aromatic ring is 1. The third-order valence-electron chi connectivity index (χ3n) is 3.52. The molecule has 19 heavy (non-hydrogen) atoms. The molecule has 1 aromatic carbocycles. The van der Waals surface area contributed by atoms with Crippen LogP contribution in [0, 0.1) is 0 Å². The van der Waals surface area contributed by atoms with E-state index in [0.29, 0.717) is 17.4 Å². The molecule has 4 N–H and O–H groups in total. The lowest BCUT2D eigenvalue weighted by atomic mass is 10.2. The molecular weight excluding hydrogens is 264 g/mol. The maximum absolute atomic E-state index is 11.7. The summed E-state index contributed by atoms with van der Waals surface area (Å²) in [4.78, 5) is 4.30. The quantitative estimate of drug-likeness (QED) is 0.766. The fraction of sp³-hybridized carbons (Fsp3) is 0.500. The van der Waals surface area contributed by atoms with Gasteiger partial charge in [0.2, 0.25) is 10.0 Å². The first-order valence-electron chi connectivity index (χ1n) is 6.13. The van der Waals surface area contributed by atoms with Crippen LogP contribution in [-0.2, 0) is 10.0 Å². The van der Waals surface area contributed by atoms with E-state index in [1.807, 2.05) is 19.0 Å².